The van der Waals surface area contributed by atoms with Crippen molar-refractivity contribution in [2.75, 3.05) is 39.4 Å². The van der Waals surface area contributed by atoms with Gasteiger partial charge in [0.1, 0.15) is 0 Å². The molecule has 0 aliphatic carbocycles. The van der Waals surface area contributed by atoms with Gasteiger partial charge >= 0.3 is 5.97 Å². The van der Waals surface area contributed by atoms with E-state index in [1.54, 1.807) is 60.7 Å². The van der Waals surface area contributed by atoms with Crippen molar-refractivity contribution in [1.29, 1.82) is 0 Å². The van der Waals surface area contributed by atoms with Crippen molar-refractivity contribution in [2.24, 2.45) is 16.6 Å². The molecule has 0 unspecified atom stereocenters. The zero-order valence-electron chi connectivity index (χ0n) is 35.5. The highest BCUT2D eigenvalue weighted by molar-refractivity contribution is 6.05. The number of aromatic carboxylic acids is 1. The molecule has 60 heavy (non-hydrogen) atoms. The van der Waals surface area contributed by atoms with Crippen molar-refractivity contribution in [3.63, 3.8) is 0 Å². The fraction of sp³-hybridized carbons (Fsp3) is 0.348. The summed E-state index contributed by atoms with van der Waals surface area (Å²) in [4.78, 5) is 73.5. The van der Waals surface area contributed by atoms with Gasteiger partial charge in [-0.3, -0.25) is 24.0 Å². The first kappa shape index (κ1) is 48.0. The van der Waals surface area contributed by atoms with Crippen LogP contribution in [0.4, 0.5) is 0 Å². The Morgan fingerprint density at radius 2 is 0.833 bits per heavy atom. The summed E-state index contributed by atoms with van der Waals surface area (Å²) in [5.41, 5.74) is 10.8. The van der Waals surface area contributed by atoms with Crippen LogP contribution in [0.5, 0.6) is 0 Å². The van der Waals surface area contributed by atoms with E-state index in [2.05, 4.69) is 21.3 Å². The Morgan fingerprint density at radius 1 is 0.500 bits per heavy atom. The summed E-state index contributed by atoms with van der Waals surface area (Å²) in [6.07, 6.45) is 0. The number of carboxylic acid groups (broad SMARTS) is 1. The van der Waals surface area contributed by atoms with Crippen LogP contribution in [0.15, 0.2) is 72.8 Å². The molecule has 0 atom stereocenters. The molecule has 0 radical (unpaired) electrons. The van der Waals surface area contributed by atoms with Gasteiger partial charge < -0.3 is 42.3 Å². The van der Waals surface area contributed by atoms with Crippen molar-refractivity contribution < 1.29 is 44.1 Å². The maximum atomic E-state index is 12.5. The first-order valence-corrected chi connectivity index (χ1v) is 19.4. The Bertz CT molecular complexity index is 2080. The number of aliphatic hydroxyl groups is 2. The van der Waals surface area contributed by atoms with Crippen LogP contribution in [-0.2, 0) is 0 Å². The Labute approximate surface area is 351 Å². The van der Waals surface area contributed by atoms with Crippen molar-refractivity contribution in [3.8, 4) is 22.3 Å². The summed E-state index contributed by atoms with van der Waals surface area (Å²) in [6, 6.07) is 19.4. The predicted molar refractivity (Wildman–Crippen MR) is 231 cm³/mol. The third kappa shape index (κ3) is 13.9. The molecule has 0 aliphatic heterocycles. The third-order valence-electron chi connectivity index (χ3n) is 8.99. The lowest BCUT2D eigenvalue weighted by molar-refractivity contribution is 0.0696. The predicted octanol–water partition coefficient (Wildman–Crippen LogP) is 5.12. The quantitative estimate of drug-likeness (QED) is 0.0842. The van der Waals surface area contributed by atoms with Gasteiger partial charge in [-0.05, 0) is 107 Å². The molecule has 0 heterocycles. The molecular formula is C46H57N5O9. The van der Waals surface area contributed by atoms with Gasteiger partial charge in [-0.25, -0.2) is 4.79 Å². The van der Waals surface area contributed by atoms with Gasteiger partial charge in [-0.1, -0.05) is 65.8 Å². The molecule has 14 heteroatoms. The number of benzene rings is 4. The number of aliphatic hydroxyl groups excluding tert-OH is 2. The smallest absolute Gasteiger partial charge is 0.336 e. The molecule has 9 N–H and O–H groups in total. The van der Waals surface area contributed by atoms with Crippen LogP contribution in [0, 0.1) is 24.7 Å². The zero-order chi connectivity index (χ0) is 44.9. The first-order valence-electron chi connectivity index (χ1n) is 19.4. The van der Waals surface area contributed by atoms with E-state index in [0.717, 1.165) is 11.1 Å². The van der Waals surface area contributed by atoms with Crippen LogP contribution in [0.25, 0.3) is 22.3 Å². The van der Waals surface area contributed by atoms with Crippen LogP contribution in [0.1, 0.15) is 115 Å². The molecule has 0 aliphatic rings. The van der Waals surface area contributed by atoms with E-state index in [-0.39, 0.29) is 77.5 Å². The van der Waals surface area contributed by atoms with Gasteiger partial charge in [-0.2, -0.15) is 0 Å². The molecule has 4 rings (SSSR count). The second kappa shape index (κ2) is 21.0. The lowest BCUT2D eigenvalue weighted by Gasteiger charge is -2.19. The highest BCUT2D eigenvalue weighted by atomic mass is 16.4. The van der Waals surface area contributed by atoms with E-state index >= 15 is 0 Å². The average Bonchev–Trinajstić information content (AvgIpc) is 3.19. The van der Waals surface area contributed by atoms with Gasteiger partial charge in [0.2, 0.25) is 5.91 Å². The van der Waals surface area contributed by atoms with E-state index in [9.17, 15) is 33.9 Å². The number of amides is 5. The van der Waals surface area contributed by atoms with E-state index in [1.807, 2.05) is 55.4 Å². The maximum Gasteiger partial charge on any atom is 0.336 e. The minimum absolute atomic E-state index is 0.0191. The molecule has 0 saturated heterocycles. The summed E-state index contributed by atoms with van der Waals surface area (Å²) >= 11 is 0. The monoisotopic (exact) mass is 823 g/mol. The number of carbonyl (C=O) groups is 6. The number of primary amides is 1. The maximum absolute atomic E-state index is 12.5. The van der Waals surface area contributed by atoms with Crippen LogP contribution < -0.4 is 27.0 Å². The normalized spacial score (nSPS) is 11.1. The van der Waals surface area contributed by atoms with Gasteiger partial charge in [0.05, 0.1) is 18.8 Å². The molecule has 5 amide bonds. The minimum atomic E-state index is -1.16. The van der Waals surface area contributed by atoms with Crippen molar-refractivity contribution in [3.05, 3.63) is 117 Å². The Kier molecular flexibility index (Phi) is 16.8. The molecule has 4 aromatic rings. The zero-order valence-corrected chi connectivity index (χ0v) is 35.5. The number of aryl methyl sites for hydroxylation is 2. The molecule has 0 spiro atoms. The molecule has 0 fully saturated rings. The highest BCUT2D eigenvalue weighted by Gasteiger charge is 2.21. The number of carboxylic acids is 1. The van der Waals surface area contributed by atoms with Crippen LogP contribution in [-0.4, -0.2) is 90.2 Å². The summed E-state index contributed by atoms with van der Waals surface area (Å²) in [5.74, 6) is -3.14. The molecule has 14 nitrogen and oxygen atoms in total. The van der Waals surface area contributed by atoms with Crippen LogP contribution in [0.3, 0.4) is 0 Å². The number of nitrogens with two attached hydrogens (primary N) is 1. The molecule has 0 aromatic heterocycles. The number of rotatable bonds is 14. The fourth-order valence-electron chi connectivity index (χ4n) is 5.77. The van der Waals surface area contributed by atoms with Gasteiger partial charge in [0.25, 0.3) is 23.6 Å². The van der Waals surface area contributed by atoms with E-state index in [1.165, 1.54) is 12.1 Å². The first-order chi connectivity index (χ1) is 28.1. The van der Waals surface area contributed by atoms with E-state index in [0.29, 0.717) is 52.0 Å². The topological polar surface area (TPSA) is 237 Å². The van der Waals surface area contributed by atoms with E-state index < -0.39 is 11.9 Å². The van der Waals surface area contributed by atoms with Crippen LogP contribution in [0.2, 0.25) is 0 Å². The third-order valence-corrected chi connectivity index (χ3v) is 8.99. The second-order valence-corrected chi connectivity index (χ2v) is 16.7. The highest BCUT2D eigenvalue weighted by Crippen LogP contribution is 2.31. The van der Waals surface area contributed by atoms with Crippen molar-refractivity contribution in [2.45, 2.75) is 55.4 Å². The van der Waals surface area contributed by atoms with Gasteiger partial charge in [0.15, 0.2) is 0 Å². The van der Waals surface area contributed by atoms with Crippen LogP contribution >= 0.6 is 0 Å². The molecule has 0 bridgehead atoms. The Hall–Kier alpha value is -6.38. The molecule has 4 aromatic carbocycles. The second-order valence-electron chi connectivity index (χ2n) is 16.7. The summed E-state index contributed by atoms with van der Waals surface area (Å²) in [5, 5.41) is 38.4. The average molecular weight is 824 g/mol. The Morgan fingerprint density at radius 3 is 1.18 bits per heavy atom. The van der Waals surface area contributed by atoms with Crippen molar-refractivity contribution >= 4 is 35.5 Å². The fourth-order valence-corrected chi connectivity index (χ4v) is 5.77. The molecular weight excluding hydrogens is 767 g/mol. The van der Waals surface area contributed by atoms with Gasteiger partial charge in [0, 0.05) is 54.0 Å². The standard InChI is InChI=1S/C23H29N3O4.C23H28N2O5/c1-14-5-6-15(21(29)25-9-10-27)11-18(14)17-8-7-16(12-19(17)20(24)28)22(30)26-13-23(2,3)4;1-14-5-6-15(20(27)24-9-10-26)11-18(14)17-8-7-16(12-19(17)22(29)30)21(28)25-13-23(2,3)4/h5-8,11-12,27H,9-10,13H2,1-4H3,(H2,24,28)(H,25,29)(H,26,30);5-8,11-12,26H,9-10,13H2,1-4H3,(H,24,27)(H,25,28)(H,29,30). The number of hydrogen-bond donors (Lipinski definition) is 8. The lowest BCUT2D eigenvalue weighted by Crippen LogP contribution is -2.32. The number of hydrogen-bond acceptors (Lipinski definition) is 8. The molecule has 320 valence electrons. The molecule has 0 saturated carbocycles. The lowest BCUT2D eigenvalue weighted by atomic mass is 9.92. The minimum Gasteiger partial charge on any atom is -0.478 e. The van der Waals surface area contributed by atoms with Gasteiger partial charge in [-0.15, -0.1) is 0 Å². The largest absolute Gasteiger partial charge is 0.478 e. The number of carbonyl (C=O) groups excluding carboxylic acids is 5. The SMILES string of the molecule is Cc1ccc(C(=O)NCCO)cc1-c1ccc(C(=O)NCC(C)(C)C)cc1C(=O)O.Cc1ccc(C(=O)NCCO)cc1-c1ccc(C(=O)NCC(C)(C)C)cc1C(N)=O. The number of nitrogens with one attached hydrogen (secondary N) is 4. The summed E-state index contributed by atoms with van der Waals surface area (Å²) in [7, 11) is 0. The Balaban J connectivity index is 0.000000320. The van der Waals surface area contributed by atoms with Crippen molar-refractivity contribution in [1.82, 2.24) is 21.3 Å². The summed E-state index contributed by atoms with van der Waals surface area (Å²) < 4.78 is 0. The summed E-state index contributed by atoms with van der Waals surface area (Å²) in [6.45, 7) is 16.6. The van der Waals surface area contributed by atoms with E-state index in [4.69, 9.17) is 15.9 Å².